The van der Waals surface area contributed by atoms with Crippen LogP contribution in [-0.4, -0.2) is 140 Å². The number of para-hydroxylation sites is 1. The molecule has 0 radical (unpaired) electrons. The third-order valence-corrected chi connectivity index (χ3v) is 11.9. The van der Waals surface area contributed by atoms with Crippen molar-refractivity contribution in [2.75, 3.05) is 31.5 Å². The fourth-order valence-corrected chi connectivity index (χ4v) is 7.03. The predicted molar refractivity (Wildman–Crippen MR) is 298 cm³/mol. The topological polar surface area (TPSA) is 390 Å². The lowest BCUT2D eigenvalue weighted by Crippen LogP contribution is -2.32. The predicted octanol–water partition coefficient (Wildman–Crippen LogP) is 2.48. The van der Waals surface area contributed by atoms with Gasteiger partial charge in [-0.1, -0.05) is 56.5 Å². The number of Topliss-reactive ketones (excluding diaryl/α,β-unsaturated/α-hetero) is 6. The molecule has 0 bridgehead atoms. The number of nitrogens with two attached hydrogens (primary N) is 6. The number of β-amino-alcohol motifs (C(OH)–C–C–N with tert-alkyl or cyclic N) is 1. The number of aromatic nitrogens is 2. The number of phenols is 1. The number of imidazole rings is 1. The number of aryl methyl sites for hydroxylation is 1. The summed E-state index contributed by atoms with van der Waals surface area (Å²) in [5.74, 6) is -0.453. The third kappa shape index (κ3) is 32.1. The Morgan fingerprint density at radius 3 is 1.82 bits per heavy atom. The lowest BCUT2D eigenvalue weighted by Gasteiger charge is -2.13. The number of phenolic OH excluding ortho intramolecular Hbond substituents is 1. The van der Waals surface area contributed by atoms with Gasteiger partial charge in [-0.05, 0) is 135 Å². The van der Waals surface area contributed by atoms with Crippen LogP contribution in [0.3, 0.4) is 0 Å². The first-order valence-corrected chi connectivity index (χ1v) is 25.6. The van der Waals surface area contributed by atoms with Crippen LogP contribution >= 0.6 is 0 Å². The number of carboxylic acids is 1. The Morgan fingerprint density at radius 2 is 1.37 bits per heavy atom. The van der Waals surface area contributed by atoms with Crippen LogP contribution in [0.2, 0.25) is 11.3 Å². The molecule has 4 heterocycles. The van der Waals surface area contributed by atoms with Gasteiger partial charge in [-0.2, -0.15) is 0 Å². The number of benzene rings is 2. The van der Waals surface area contributed by atoms with Gasteiger partial charge < -0.3 is 70.2 Å². The summed E-state index contributed by atoms with van der Waals surface area (Å²) >= 11 is 0. The van der Waals surface area contributed by atoms with Crippen LogP contribution < -0.4 is 50.3 Å². The summed E-state index contributed by atoms with van der Waals surface area (Å²) in [7, 11) is 1.81. The molecule has 3 aromatic rings. The van der Waals surface area contributed by atoms with Crippen molar-refractivity contribution in [3.8, 4) is 5.75 Å². The number of hydrogen-bond acceptors (Lipinski definition) is 19. The smallest absolute Gasteiger partial charge is 0.320 e. The third-order valence-electron chi connectivity index (χ3n) is 11.9. The van der Waals surface area contributed by atoms with Crippen molar-refractivity contribution in [1.29, 1.82) is 0 Å². The first-order chi connectivity index (χ1) is 40.2. The number of aliphatic hydroxyl groups is 1. The number of ketones is 6. The van der Waals surface area contributed by atoms with Crippen LogP contribution in [0, 0.1) is 0 Å². The highest BCUT2D eigenvalue weighted by atomic mass is 16.4. The molecule has 21 nitrogen and oxygen atoms in total. The van der Waals surface area contributed by atoms with E-state index in [1.54, 1.807) is 55.3 Å². The molecular weight excluding hydrogens is 975 g/mol. The lowest BCUT2D eigenvalue weighted by molar-refractivity contribution is -0.138. The van der Waals surface area contributed by atoms with E-state index in [-0.39, 0.29) is 77.1 Å². The summed E-state index contributed by atoms with van der Waals surface area (Å²) in [4.78, 5) is 79.7. The molecule has 6 rings (SSSR count). The van der Waals surface area contributed by atoms with Crippen molar-refractivity contribution in [3.05, 3.63) is 77.9 Å². The molecule has 76 heavy (non-hydrogen) atoms. The average Bonchev–Trinajstić information content (AvgIpc) is 4.46. The van der Waals surface area contributed by atoms with Gasteiger partial charge >= 0.3 is 5.97 Å². The molecule has 428 valence electrons. The summed E-state index contributed by atoms with van der Waals surface area (Å²) in [5.41, 5.74) is 17.2. The number of anilines is 1. The van der Waals surface area contributed by atoms with E-state index in [4.69, 9.17) is 28.0 Å². The molecule has 21 heteroatoms. The van der Waals surface area contributed by atoms with E-state index in [0.717, 1.165) is 68.2 Å². The number of nitrogens with zero attached hydrogens (tertiary/aromatic N) is 2. The molecular formula is C55H93N11O10. The van der Waals surface area contributed by atoms with Gasteiger partial charge in [0, 0.05) is 45.7 Å². The van der Waals surface area contributed by atoms with E-state index in [9.17, 15) is 33.6 Å². The molecule has 2 saturated heterocycles. The van der Waals surface area contributed by atoms with Crippen LogP contribution in [0.15, 0.2) is 61.1 Å². The molecule has 9 atom stereocenters. The van der Waals surface area contributed by atoms with Gasteiger partial charge in [0.25, 0.3) is 0 Å². The highest BCUT2D eigenvalue weighted by Gasteiger charge is 2.26. The molecule has 9 unspecified atom stereocenters. The summed E-state index contributed by atoms with van der Waals surface area (Å²) in [5, 5.41) is 32.5. The van der Waals surface area contributed by atoms with E-state index in [0.29, 0.717) is 63.7 Å². The zero-order valence-corrected chi connectivity index (χ0v) is 45.5. The van der Waals surface area contributed by atoms with Crippen LogP contribution in [0.4, 0.5) is 5.69 Å². The number of nitrogens with one attached hydrogen (secondary N) is 3. The Hall–Kier alpha value is -5.62. The zero-order chi connectivity index (χ0) is 64.6. The first kappa shape index (κ1) is 55.1. The standard InChI is InChI=1S/C12H16N2O.C10H13NO2.C7H11N3O2.C7H16N2O.C7H15NO.C6H11NO2.C6H11NO/c1-8(15)11(13)6-9-7-14-12-5-3-2-4-10(9)12;1-7(12)10(11)6-8-2-4-9(13)5-3-8;1-10-3-5(9-4-10)2-6(8)7(11)12;1-6(10)7(9)4-2-3-5-8;1-3-4-5-7(8)6(2)9;1-4(8)6-2-5(9)3-7-6;1-5(8)6-3-2-4-7-6/h2-5,9,11,14H,6-7,13H2,1H3;2-5,10,13H,6,11H2,1H3;3-4,6H,2,8H2,1H3,(H,11,12);7H,2-5,8-9H2,1H3;7H,3-5,8H2,1-2H3;5-7,9H,2-3H2,1H3;6-7H,2-4H2,1H3/i;;;;1D;;/hD8. The minimum absolute atomic E-state index is 0.00355. The Bertz CT molecular complexity index is 2410. The van der Waals surface area contributed by atoms with E-state index in [2.05, 4.69) is 45.0 Å². The van der Waals surface area contributed by atoms with Crippen molar-refractivity contribution in [2.24, 2.45) is 41.4 Å². The second-order valence-corrected chi connectivity index (χ2v) is 18.8. The Labute approximate surface area is 463 Å². The molecule has 0 amide bonds. The second-order valence-electron chi connectivity index (χ2n) is 18.8. The number of rotatable bonds is 26. The van der Waals surface area contributed by atoms with Gasteiger partial charge in [0.05, 0.1) is 54.4 Å². The fraction of sp³-hybridized carbons (Fsp3) is 0.600. The fourth-order valence-electron chi connectivity index (χ4n) is 7.03. The van der Waals surface area contributed by atoms with Crippen LogP contribution in [0.5, 0.6) is 5.75 Å². The Balaban J connectivity index is 0.000000976. The van der Waals surface area contributed by atoms with Crippen LogP contribution in [0.1, 0.15) is 137 Å². The molecule has 0 saturated carbocycles. The highest BCUT2D eigenvalue weighted by molar-refractivity contribution is 5.83. The minimum atomic E-state index is -1.04. The summed E-state index contributed by atoms with van der Waals surface area (Å²) in [6.07, 6.45) is 11.2. The van der Waals surface area contributed by atoms with Crippen molar-refractivity contribution >= 4 is 46.4 Å². The molecule has 1 aromatic heterocycles. The molecule has 3 aliphatic heterocycles. The number of aliphatic carboxylic acids is 1. The van der Waals surface area contributed by atoms with Gasteiger partial charge in [0.15, 0.2) is 0 Å². The molecule has 2 fully saturated rings. The summed E-state index contributed by atoms with van der Waals surface area (Å²) in [6.45, 7) is 11.9. The monoisotopic (exact) mass is 1080 g/mol. The Kier molecular flexibility index (Phi) is 28.8. The first-order valence-electron chi connectivity index (χ1n) is 30.2. The number of unbranched alkanes of at least 4 members (excludes halogenated alkanes) is 2. The van der Waals surface area contributed by atoms with Gasteiger partial charge in [0.1, 0.15) is 57.8 Å². The number of hydrogen-bond donors (Lipinski definition) is 12. The second kappa shape index (κ2) is 39.7. The van der Waals surface area contributed by atoms with Gasteiger partial charge in [-0.25, -0.2) is 4.98 Å². The zero-order valence-electron chi connectivity index (χ0n) is 54.5. The lowest BCUT2D eigenvalue weighted by atomic mass is 9.93. The van der Waals surface area contributed by atoms with Crippen LogP contribution in [0.25, 0.3) is 0 Å². The highest BCUT2D eigenvalue weighted by Crippen LogP contribution is 2.33. The maximum atomic E-state index is 11.3. The van der Waals surface area contributed by atoms with Crippen molar-refractivity contribution < 1.29 is 61.5 Å². The normalized spacial score (nSPS) is 20.7. The van der Waals surface area contributed by atoms with Crippen LogP contribution in [-0.2, 0) is 53.5 Å². The van der Waals surface area contributed by atoms with E-state index in [1.807, 2.05) is 23.9 Å². The number of carbonyl (C=O) groups excluding carboxylic acids is 6. The molecule has 0 aliphatic carbocycles. The van der Waals surface area contributed by atoms with E-state index >= 15 is 0 Å². The minimum Gasteiger partial charge on any atom is -0.508 e. The molecule has 3 aliphatic rings. The van der Waals surface area contributed by atoms with Crippen molar-refractivity contribution in [2.45, 2.75) is 180 Å². The van der Waals surface area contributed by atoms with Crippen molar-refractivity contribution in [3.63, 3.8) is 0 Å². The molecule has 0 spiro atoms. The maximum Gasteiger partial charge on any atom is 0.320 e. The SMILES string of the molecule is [2H]CCCCC(N[2H])C(C)=O.[2H]N1CC(O)CC1C(C)=O.[2H]N1CCCC1C(C)=O.[2H]NC(CC1CNc2ccccc21)C(C)=O.[2H]NC(Cc1ccc(O)cc1)C(C)=O.[2H]NC(Cc1cn(C)cn1)C(=O)O.[2H]NCCCCC(N[2H])C(C)=O. The van der Waals surface area contributed by atoms with Gasteiger partial charge in [-0.3, -0.25) is 33.6 Å². The van der Waals surface area contributed by atoms with E-state index < -0.39 is 24.2 Å². The number of aromatic hydroxyl groups is 1. The Morgan fingerprint density at radius 1 is 0.763 bits per heavy atom. The molecule has 18 N–H and O–H groups in total. The average molecular weight is 1080 g/mol. The molecule has 2 aromatic carbocycles. The maximum absolute atomic E-state index is 11.3. The van der Waals surface area contributed by atoms with Gasteiger partial charge in [-0.15, -0.1) is 0 Å². The largest absolute Gasteiger partial charge is 0.508 e. The summed E-state index contributed by atoms with van der Waals surface area (Å²) in [6, 6.07) is 11.9. The van der Waals surface area contributed by atoms with E-state index in [1.165, 1.54) is 45.5 Å². The van der Waals surface area contributed by atoms with Crippen molar-refractivity contribution in [1.82, 2.24) is 20.2 Å². The number of carbonyl (C=O) groups is 7. The number of aliphatic hydroxyl groups excluding tert-OH is 1. The summed E-state index contributed by atoms with van der Waals surface area (Å²) < 4.78 is 64.2. The number of carboxylic acid groups (broad SMARTS) is 1. The quantitative estimate of drug-likeness (QED) is 0.0514. The number of fused-ring (bicyclic) bond motifs is 1. The van der Waals surface area contributed by atoms with Gasteiger partial charge in [0.2, 0.25) is 0 Å².